The Morgan fingerprint density at radius 3 is 2.40 bits per heavy atom. The van der Waals surface area contributed by atoms with E-state index in [-0.39, 0.29) is 18.9 Å². The Morgan fingerprint density at radius 1 is 1.13 bits per heavy atom. The monoisotopic (exact) mass is 411 g/mol. The topological polar surface area (TPSA) is 120 Å². The summed E-state index contributed by atoms with van der Waals surface area (Å²) in [4.78, 5) is 34.5. The third-order valence-corrected chi connectivity index (χ3v) is 4.53. The largest absolute Gasteiger partial charge is 0.489 e. The average Bonchev–Trinajstić information content (AvgIpc) is 2.72. The molecule has 1 unspecified atom stereocenters. The number of carbonyl (C=O) groups is 2. The van der Waals surface area contributed by atoms with Gasteiger partial charge in [-0.05, 0) is 49.2 Å². The predicted molar refractivity (Wildman–Crippen MR) is 108 cm³/mol. The highest BCUT2D eigenvalue weighted by Gasteiger charge is 2.32. The van der Waals surface area contributed by atoms with Gasteiger partial charge in [-0.15, -0.1) is 0 Å². The number of non-ortho nitro benzene ring substituents is 1. The number of nitrogens with one attached hydrogen (secondary N) is 2. The van der Waals surface area contributed by atoms with Crippen molar-refractivity contribution in [2.75, 3.05) is 6.61 Å². The molecule has 9 heteroatoms. The normalized spacial score (nSPS) is 15.8. The highest BCUT2D eigenvalue weighted by atomic mass is 16.6. The maximum absolute atomic E-state index is 12.4. The Hall–Kier alpha value is -3.88. The van der Waals surface area contributed by atoms with E-state index in [0.29, 0.717) is 22.6 Å². The Bertz CT molecular complexity index is 983. The van der Waals surface area contributed by atoms with Crippen molar-refractivity contribution in [1.82, 2.24) is 10.6 Å². The molecule has 2 aromatic carbocycles. The Balaban J connectivity index is 1.72. The zero-order chi connectivity index (χ0) is 21.7. The summed E-state index contributed by atoms with van der Waals surface area (Å²) >= 11 is 0. The number of rotatable bonds is 7. The molecule has 0 saturated heterocycles. The maximum Gasteiger partial charge on any atom is 0.338 e. The number of benzene rings is 2. The molecule has 0 aromatic heterocycles. The van der Waals surface area contributed by atoms with Crippen LogP contribution in [0.5, 0.6) is 5.75 Å². The molecule has 3 rings (SSSR count). The molecule has 1 heterocycles. The van der Waals surface area contributed by atoms with Crippen LogP contribution in [0, 0.1) is 10.1 Å². The summed E-state index contributed by atoms with van der Waals surface area (Å²) in [5, 5.41) is 16.0. The molecule has 0 saturated carbocycles. The van der Waals surface area contributed by atoms with E-state index in [2.05, 4.69) is 10.6 Å². The lowest BCUT2D eigenvalue weighted by atomic mass is 9.95. The van der Waals surface area contributed by atoms with Crippen molar-refractivity contribution in [3.05, 3.63) is 81.0 Å². The van der Waals surface area contributed by atoms with Crippen LogP contribution in [-0.2, 0) is 16.1 Å². The van der Waals surface area contributed by atoms with Crippen LogP contribution < -0.4 is 15.4 Å². The molecule has 0 radical (unpaired) electrons. The van der Waals surface area contributed by atoms with Crippen molar-refractivity contribution in [2.45, 2.75) is 26.5 Å². The SMILES string of the molecule is CCOC(=O)C1=C(C)NC(=O)NC1c1ccc(OCc2ccc([N+](=O)[O-])cc2)cc1. The number of nitro groups is 1. The summed E-state index contributed by atoms with van der Waals surface area (Å²) in [6.45, 7) is 3.84. The number of ether oxygens (including phenoxy) is 2. The highest BCUT2D eigenvalue weighted by molar-refractivity contribution is 5.95. The summed E-state index contributed by atoms with van der Waals surface area (Å²) < 4.78 is 10.8. The molecule has 0 bridgehead atoms. The van der Waals surface area contributed by atoms with Crippen LogP contribution in [0.2, 0.25) is 0 Å². The molecule has 1 aliphatic heterocycles. The number of amides is 2. The summed E-state index contributed by atoms with van der Waals surface area (Å²) in [6.07, 6.45) is 0. The minimum atomic E-state index is -0.637. The van der Waals surface area contributed by atoms with E-state index < -0.39 is 23.0 Å². The molecule has 2 aromatic rings. The van der Waals surface area contributed by atoms with Crippen molar-refractivity contribution in [1.29, 1.82) is 0 Å². The summed E-state index contributed by atoms with van der Waals surface area (Å²) in [7, 11) is 0. The second-order valence-electron chi connectivity index (χ2n) is 6.57. The Kier molecular flexibility index (Phi) is 6.31. The summed E-state index contributed by atoms with van der Waals surface area (Å²) in [6, 6.07) is 12.1. The van der Waals surface area contributed by atoms with Gasteiger partial charge in [-0.25, -0.2) is 9.59 Å². The van der Waals surface area contributed by atoms with Crippen LogP contribution in [-0.4, -0.2) is 23.5 Å². The number of carbonyl (C=O) groups excluding carboxylic acids is 2. The first kappa shape index (κ1) is 20.8. The fourth-order valence-electron chi connectivity index (χ4n) is 3.06. The van der Waals surface area contributed by atoms with Gasteiger partial charge in [-0.3, -0.25) is 10.1 Å². The van der Waals surface area contributed by atoms with Gasteiger partial charge in [0.05, 0.1) is 23.1 Å². The van der Waals surface area contributed by atoms with Crippen molar-refractivity contribution in [3.63, 3.8) is 0 Å². The van der Waals surface area contributed by atoms with Crippen molar-refractivity contribution in [3.8, 4) is 5.75 Å². The first-order valence-electron chi connectivity index (χ1n) is 9.30. The summed E-state index contributed by atoms with van der Waals surface area (Å²) in [5.74, 6) is 0.0850. The van der Waals surface area contributed by atoms with Crippen LogP contribution in [0.15, 0.2) is 59.8 Å². The molecule has 1 atom stereocenters. The number of esters is 1. The van der Waals surface area contributed by atoms with Crippen LogP contribution in [0.25, 0.3) is 0 Å². The molecule has 2 N–H and O–H groups in total. The third-order valence-electron chi connectivity index (χ3n) is 4.53. The van der Waals surface area contributed by atoms with Crippen molar-refractivity contribution in [2.24, 2.45) is 0 Å². The second kappa shape index (κ2) is 9.08. The number of allylic oxidation sites excluding steroid dienone is 1. The third kappa shape index (κ3) is 4.75. The number of hydrogen-bond donors (Lipinski definition) is 2. The van der Waals surface area contributed by atoms with Crippen LogP contribution in [0.4, 0.5) is 10.5 Å². The van der Waals surface area contributed by atoms with E-state index in [0.717, 1.165) is 5.56 Å². The van der Waals surface area contributed by atoms with Gasteiger partial charge in [-0.2, -0.15) is 0 Å². The fourth-order valence-corrected chi connectivity index (χ4v) is 3.06. The Morgan fingerprint density at radius 2 is 1.80 bits per heavy atom. The van der Waals surface area contributed by atoms with Crippen molar-refractivity contribution >= 4 is 17.7 Å². The van der Waals surface area contributed by atoms with Gasteiger partial charge < -0.3 is 20.1 Å². The maximum atomic E-state index is 12.4. The minimum Gasteiger partial charge on any atom is -0.489 e. The Labute approximate surface area is 172 Å². The first-order chi connectivity index (χ1) is 14.4. The number of hydrogen-bond acceptors (Lipinski definition) is 6. The first-order valence-corrected chi connectivity index (χ1v) is 9.30. The van der Waals surface area contributed by atoms with E-state index in [1.807, 2.05) is 0 Å². The molecule has 156 valence electrons. The standard InChI is InChI=1S/C21H21N3O6/c1-3-29-20(25)18-13(2)22-21(26)23-19(18)15-6-10-17(11-7-15)30-12-14-4-8-16(9-5-14)24(27)28/h4-11,19H,3,12H2,1-2H3,(H2,22,23,26). The average molecular weight is 411 g/mol. The second-order valence-corrected chi connectivity index (χ2v) is 6.57. The van der Waals surface area contributed by atoms with Gasteiger partial charge in [0, 0.05) is 17.8 Å². The van der Waals surface area contributed by atoms with E-state index >= 15 is 0 Å². The quantitative estimate of drug-likeness (QED) is 0.409. The van der Waals surface area contributed by atoms with Gasteiger partial charge >= 0.3 is 12.0 Å². The van der Waals surface area contributed by atoms with E-state index in [9.17, 15) is 19.7 Å². The van der Waals surface area contributed by atoms with E-state index in [1.54, 1.807) is 50.2 Å². The summed E-state index contributed by atoms with van der Waals surface area (Å²) in [5.41, 5.74) is 2.30. The number of urea groups is 1. The van der Waals surface area contributed by atoms with Gasteiger partial charge in [-0.1, -0.05) is 12.1 Å². The van der Waals surface area contributed by atoms with E-state index in [4.69, 9.17) is 9.47 Å². The van der Waals surface area contributed by atoms with Gasteiger partial charge in [0.25, 0.3) is 5.69 Å². The van der Waals surface area contributed by atoms with Gasteiger partial charge in [0.1, 0.15) is 12.4 Å². The smallest absolute Gasteiger partial charge is 0.338 e. The number of nitrogens with zero attached hydrogens (tertiary/aromatic N) is 1. The zero-order valence-electron chi connectivity index (χ0n) is 16.5. The van der Waals surface area contributed by atoms with Crippen LogP contribution in [0.3, 0.4) is 0 Å². The zero-order valence-corrected chi connectivity index (χ0v) is 16.5. The molecule has 9 nitrogen and oxygen atoms in total. The lowest BCUT2D eigenvalue weighted by Gasteiger charge is -2.28. The van der Waals surface area contributed by atoms with Crippen LogP contribution in [0.1, 0.15) is 31.0 Å². The molecule has 0 spiro atoms. The molecule has 1 aliphatic rings. The molecule has 30 heavy (non-hydrogen) atoms. The molecule has 0 aliphatic carbocycles. The number of nitro benzene ring substituents is 1. The molecular formula is C21H21N3O6. The molecular weight excluding hydrogens is 390 g/mol. The minimum absolute atomic E-state index is 0.0212. The lowest BCUT2D eigenvalue weighted by molar-refractivity contribution is -0.384. The predicted octanol–water partition coefficient (Wildman–Crippen LogP) is 3.36. The van der Waals surface area contributed by atoms with Gasteiger partial charge in [0.15, 0.2) is 0 Å². The molecule has 0 fully saturated rings. The van der Waals surface area contributed by atoms with Crippen molar-refractivity contribution < 1.29 is 24.0 Å². The fraction of sp³-hybridized carbons (Fsp3) is 0.238. The van der Waals surface area contributed by atoms with Crippen LogP contribution >= 0.6 is 0 Å². The highest BCUT2D eigenvalue weighted by Crippen LogP contribution is 2.29. The van der Waals surface area contributed by atoms with E-state index in [1.165, 1.54) is 12.1 Å². The molecule has 2 amide bonds. The lowest BCUT2D eigenvalue weighted by Crippen LogP contribution is -2.45. The van der Waals surface area contributed by atoms with Gasteiger partial charge in [0.2, 0.25) is 0 Å².